The molecule has 0 unspecified atom stereocenters. The normalized spacial score (nSPS) is 31.4. The highest BCUT2D eigenvalue weighted by atomic mass is 16.7. The van der Waals surface area contributed by atoms with Crippen LogP contribution < -0.4 is 0 Å². The molecule has 0 bridgehead atoms. The zero-order chi connectivity index (χ0) is 11.4. The summed E-state index contributed by atoms with van der Waals surface area (Å²) in [6.45, 7) is 6.59. The molecule has 1 fully saturated rings. The number of methoxy groups -OCH3 is 1. The third-order valence-electron chi connectivity index (χ3n) is 3.38. The first-order chi connectivity index (χ1) is 7.04. The van der Waals surface area contributed by atoms with Crippen molar-refractivity contribution in [3.8, 4) is 0 Å². The Hall–Kier alpha value is -0.730. The van der Waals surface area contributed by atoms with E-state index in [4.69, 9.17) is 4.74 Å². The van der Waals surface area contributed by atoms with Crippen LogP contribution in [-0.4, -0.2) is 19.4 Å². The van der Waals surface area contributed by atoms with Gasteiger partial charge in [0.25, 0.3) is 0 Å². The SMILES string of the molecule is COC(=O)O[C@@H]1C[C@H](C)CC[C@H]1C(C)C. The molecule has 0 radical (unpaired) electrons. The third-order valence-corrected chi connectivity index (χ3v) is 3.38. The summed E-state index contributed by atoms with van der Waals surface area (Å²) in [5.41, 5.74) is 0. The predicted octanol–water partition coefficient (Wildman–Crippen LogP) is 3.23. The molecule has 0 amide bonds. The summed E-state index contributed by atoms with van der Waals surface area (Å²) in [6, 6.07) is 0. The topological polar surface area (TPSA) is 35.5 Å². The molecule has 0 aromatic rings. The number of carbonyl (C=O) groups excluding carboxylic acids is 1. The van der Waals surface area contributed by atoms with E-state index in [0.717, 1.165) is 12.8 Å². The Balaban J connectivity index is 2.57. The van der Waals surface area contributed by atoms with E-state index in [9.17, 15) is 4.79 Å². The lowest BCUT2D eigenvalue weighted by atomic mass is 9.75. The second-order valence-corrected chi connectivity index (χ2v) is 4.94. The first-order valence-electron chi connectivity index (χ1n) is 5.79. The van der Waals surface area contributed by atoms with Gasteiger partial charge in [-0.2, -0.15) is 0 Å². The van der Waals surface area contributed by atoms with Gasteiger partial charge < -0.3 is 9.47 Å². The summed E-state index contributed by atoms with van der Waals surface area (Å²) >= 11 is 0. The fraction of sp³-hybridized carbons (Fsp3) is 0.917. The fourth-order valence-corrected chi connectivity index (χ4v) is 2.42. The maximum Gasteiger partial charge on any atom is 0.508 e. The van der Waals surface area contributed by atoms with E-state index in [-0.39, 0.29) is 6.10 Å². The Morgan fingerprint density at radius 1 is 1.33 bits per heavy atom. The second-order valence-electron chi connectivity index (χ2n) is 4.94. The Morgan fingerprint density at radius 2 is 2.00 bits per heavy atom. The van der Waals surface area contributed by atoms with Gasteiger partial charge in [0, 0.05) is 0 Å². The van der Waals surface area contributed by atoms with Crippen molar-refractivity contribution in [1.29, 1.82) is 0 Å². The summed E-state index contributed by atoms with van der Waals surface area (Å²) in [5.74, 6) is 1.70. The zero-order valence-corrected chi connectivity index (χ0v) is 10.2. The van der Waals surface area contributed by atoms with Crippen LogP contribution >= 0.6 is 0 Å². The Labute approximate surface area is 92.1 Å². The predicted molar refractivity (Wildman–Crippen MR) is 58.6 cm³/mol. The van der Waals surface area contributed by atoms with Crippen molar-refractivity contribution < 1.29 is 14.3 Å². The van der Waals surface area contributed by atoms with Crippen molar-refractivity contribution in [1.82, 2.24) is 0 Å². The molecule has 3 atom stereocenters. The van der Waals surface area contributed by atoms with Crippen molar-refractivity contribution in [2.75, 3.05) is 7.11 Å². The van der Waals surface area contributed by atoms with Crippen molar-refractivity contribution in [3.05, 3.63) is 0 Å². The molecular formula is C12H22O3. The molecule has 3 heteroatoms. The highest BCUT2D eigenvalue weighted by Crippen LogP contribution is 2.35. The van der Waals surface area contributed by atoms with Crippen LogP contribution in [0.15, 0.2) is 0 Å². The molecule has 0 aromatic carbocycles. The average molecular weight is 214 g/mol. The summed E-state index contributed by atoms with van der Waals surface area (Å²) in [7, 11) is 1.36. The minimum absolute atomic E-state index is 0.0428. The third kappa shape index (κ3) is 3.40. The van der Waals surface area contributed by atoms with Crippen LogP contribution in [0.4, 0.5) is 4.79 Å². The first-order valence-corrected chi connectivity index (χ1v) is 5.79. The first kappa shape index (κ1) is 12.3. The molecular weight excluding hydrogens is 192 g/mol. The van der Waals surface area contributed by atoms with Crippen LogP contribution in [0.3, 0.4) is 0 Å². The lowest BCUT2D eigenvalue weighted by molar-refractivity contribution is -0.0248. The van der Waals surface area contributed by atoms with E-state index in [0.29, 0.717) is 17.8 Å². The van der Waals surface area contributed by atoms with Gasteiger partial charge in [-0.05, 0) is 30.6 Å². The van der Waals surface area contributed by atoms with Crippen molar-refractivity contribution in [2.45, 2.75) is 46.1 Å². The molecule has 0 spiro atoms. The molecule has 3 nitrogen and oxygen atoms in total. The number of rotatable bonds is 2. The highest BCUT2D eigenvalue weighted by Gasteiger charge is 2.33. The van der Waals surface area contributed by atoms with Gasteiger partial charge in [0.2, 0.25) is 0 Å². The smallest absolute Gasteiger partial charge is 0.438 e. The Morgan fingerprint density at radius 3 is 2.53 bits per heavy atom. The monoisotopic (exact) mass is 214 g/mol. The lowest BCUT2D eigenvalue weighted by Gasteiger charge is -2.36. The molecule has 0 saturated heterocycles. The minimum atomic E-state index is -0.542. The number of hydrogen-bond acceptors (Lipinski definition) is 3. The van der Waals surface area contributed by atoms with Crippen LogP contribution in [0.1, 0.15) is 40.0 Å². The molecule has 0 heterocycles. The number of carbonyl (C=O) groups is 1. The van der Waals surface area contributed by atoms with Gasteiger partial charge in [-0.15, -0.1) is 0 Å². The van der Waals surface area contributed by atoms with E-state index < -0.39 is 6.16 Å². The molecule has 88 valence electrons. The van der Waals surface area contributed by atoms with Crippen LogP contribution in [0.5, 0.6) is 0 Å². The van der Waals surface area contributed by atoms with Crippen LogP contribution in [-0.2, 0) is 9.47 Å². The zero-order valence-electron chi connectivity index (χ0n) is 10.2. The van der Waals surface area contributed by atoms with Gasteiger partial charge in [-0.25, -0.2) is 4.79 Å². The van der Waals surface area contributed by atoms with E-state index in [1.165, 1.54) is 13.5 Å². The van der Waals surface area contributed by atoms with E-state index >= 15 is 0 Å². The summed E-state index contributed by atoms with van der Waals surface area (Å²) < 4.78 is 9.88. The molecule has 0 aromatic heterocycles. The van der Waals surface area contributed by atoms with Crippen LogP contribution in [0, 0.1) is 17.8 Å². The molecule has 1 aliphatic rings. The van der Waals surface area contributed by atoms with Crippen molar-refractivity contribution >= 4 is 6.16 Å². The maximum atomic E-state index is 11.1. The molecule has 0 aliphatic heterocycles. The largest absolute Gasteiger partial charge is 0.508 e. The maximum absolute atomic E-state index is 11.1. The molecule has 15 heavy (non-hydrogen) atoms. The Bertz CT molecular complexity index is 213. The quantitative estimate of drug-likeness (QED) is 0.662. The lowest BCUT2D eigenvalue weighted by Crippen LogP contribution is -2.35. The standard InChI is InChI=1S/C12H22O3/c1-8(2)10-6-5-9(3)7-11(10)15-12(13)14-4/h8-11H,5-7H2,1-4H3/t9-,10+,11-/m1/s1. The van der Waals surface area contributed by atoms with E-state index in [1.54, 1.807) is 0 Å². The molecule has 1 saturated carbocycles. The van der Waals surface area contributed by atoms with Crippen molar-refractivity contribution in [3.63, 3.8) is 0 Å². The minimum Gasteiger partial charge on any atom is -0.438 e. The van der Waals surface area contributed by atoms with Gasteiger partial charge in [0.1, 0.15) is 6.10 Å². The highest BCUT2D eigenvalue weighted by molar-refractivity contribution is 5.59. The van der Waals surface area contributed by atoms with Crippen LogP contribution in [0.2, 0.25) is 0 Å². The summed E-state index contributed by atoms with van der Waals surface area (Å²) in [4.78, 5) is 11.1. The van der Waals surface area contributed by atoms with Crippen molar-refractivity contribution in [2.24, 2.45) is 17.8 Å². The van der Waals surface area contributed by atoms with E-state index in [2.05, 4.69) is 25.5 Å². The average Bonchev–Trinajstić information content (AvgIpc) is 2.17. The van der Waals surface area contributed by atoms with Gasteiger partial charge in [0.05, 0.1) is 7.11 Å². The van der Waals surface area contributed by atoms with Crippen LogP contribution in [0.25, 0.3) is 0 Å². The molecule has 0 N–H and O–H groups in total. The fourth-order valence-electron chi connectivity index (χ4n) is 2.42. The van der Waals surface area contributed by atoms with Gasteiger partial charge in [-0.3, -0.25) is 0 Å². The molecule has 1 aliphatic carbocycles. The van der Waals surface area contributed by atoms with Gasteiger partial charge >= 0.3 is 6.16 Å². The summed E-state index contributed by atoms with van der Waals surface area (Å²) in [6.07, 6.45) is 2.86. The Kier molecular flexibility index (Phi) is 4.43. The second kappa shape index (κ2) is 5.38. The molecule has 1 rings (SSSR count). The number of hydrogen-bond donors (Lipinski definition) is 0. The van der Waals surface area contributed by atoms with E-state index in [1.807, 2.05) is 0 Å². The number of ether oxygens (including phenoxy) is 2. The van der Waals surface area contributed by atoms with Gasteiger partial charge in [0.15, 0.2) is 0 Å². The van der Waals surface area contributed by atoms with Gasteiger partial charge in [-0.1, -0.05) is 27.2 Å². The summed E-state index contributed by atoms with van der Waals surface area (Å²) in [5, 5.41) is 0.